The molecule has 0 heterocycles. The Balaban J connectivity index is 1.57. The van der Waals surface area contributed by atoms with Gasteiger partial charge in [0.25, 0.3) is 0 Å². The van der Waals surface area contributed by atoms with E-state index < -0.39 is 5.97 Å². The van der Waals surface area contributed by atoms with Crippen LogP contribution in [0.2, 0.25) is 0 Å². The lowest BCUT2D eigenvalue weighted by molar-refractivity contribution is -0.138. The van der Waals surface area contributed by atoms with E-state index in [4.69, 9.17) is 0 Å². The van der Waals surface area contributed by atoms with Crippen molar-refractivity contribution >= 4 is 5.97 Å². The van der Waals surface area contributed by atoms with Gasteiger partial charge in [-0.1, -0.05) is 26.7 Å². The van der Waals surface area contributed by atoms with Crippen LogP contribution in [0.5, 0.6) is 0 Å². The topological polar surface area (TPSA) is 37.3 Å². The Kier molecular flexibility index (Phi) is 3.81. The number of aliphatic carboxylic acids is 1. The number of carbonyl (C=O) groups is 1. The molecule has 0 aliphatic heterocycles. The fraction of sp³-hybridized carbons (Fsp3) is 0.952. The molecule has 0 aromatic carbocycles. The summed E-state index contributed by atoms with van der Waals surface area (Å²) in [5, 5.41) is 9.22. The van der Waals surface area contributed by atoms with Crippen molar-refractivity contribution in [2.24, 2.45) is 40.4 Å². The average molecular weight is 319 g/mol. The standard InChI is InChI=1S/C21H34O2/c1-20-10-8-17-16(18(20)11-14(13-20)12-19(22)23)7-6-15-5-3-4-9-21(15,17)2/h14-18H,3-13H2,1-2H3,(H,22,23)/t14-,15?,16+,17-,18-,20+,21-/m0/s1. The van der Waals surface area contributed by atoms with Gasteiger partial charge in [-0.15, -0.1) is 0 Å². The highest BCUT2D eigenvalue weighted by Gasteiger charge is 2.58. The Morgan fingerprint density at radius 1 is 1.04 bits per heavy atom. The average Bonchev–Trinajstić information content (AvgIpc) is 2.81. The molecule has 4 saturated carbocycles. The van der Waals surface area contributed by atoms with E-state index in [0.29, 0.717) is 23.2 Å². The first kappa shape index (κ1) is 16.0. The summed E-state index contributed by atoms with van der Waals surface area (Å²) in [5.74, 6) is 3.48. The summed E-state index contributed by atoms with van der Waals surface area (Å²) in [6, 6.07) is 0. The molecule has 0 saturated heterocycles. The maximum absolute atomic E-state index is 11.2. The summed E-state index contributed by atoms with van der Waals surface area (Å²) in [6.07, 6.45) is 14.3. The molecule has 0 spiro atoms. The van der Waals surface area contributed by atoms with Crippen molar-refractivity contribution in [2.45, 2.75) is 84.5 Å². The van der Waals surface area contributed by atoms with E-state index in [-0.39, 0.29) is 0 Å². The quantitative estimate of drug-likeness (QED) is 0.729. The second-order valence-corrected chi connectivity index (χ2v) is 10.00. The highest BCUT2D eigenvalue weighted by atomic mass is 16.4. The molecule has 4 rings (SSSR count). The Morgan fingerprint density at radius 2 is 1.87 bits per heavy atom. The fourth-order valence-corrected chi connectivity index (χ4v) is 7.91. The van der Waals surface area contributed by atoms with Gasteiger partial charge < -0.3 is 5.11 Å². The molecule has 23 heavy (non-hydrogen) atoms. The minimum atomic E-state index is -0.586. The molecule has 4 aliphatic carbocycles. The second kappa shape index (κ2) is 5.49. The largest absolute Gasteiger partial charge is 0.481 e. The van der Waals surface area contributed by atoms with Gasteiger partial charge in [-0.25, -0.2) is 0 Å². The first-order valence-corrected chi connectivity index (χ1v) is 10.1. The van der Waals surface area contributed by atoms with E-state index in [1.54, 1.807) is 0 Å². The van der Waals surface area contributed by atoms with Crippen molar-refractivity contribution in [1.82, 2.24) is 0 Å². The summed E-state index contributed by atoms with van der Waals surface area (Å²) in [6.45, 7) is 5.12. The maximum Gasteiger partial charge on any atom is 0.303 e. The van der Waals surface area contributed by atoms with Crippen LogP contribution in [0.1, 0.15) is 84.5 Å². The van der Waals surface area contributed by atoms with Crippen LogP contribution >= 0.6 is 0 Å². The first-order valence-electron chi connectivity index (χ1n) is 10.1. The molecule has 7 atom stereocenters. The Hall–Kier alpha value is -0.530. The summed E-state index contributed by atoms with van der Waals surface area (Å²) >= 11 is 0. The predicted octanol–water partition coefficient (Wildman–Crippen LogP) is 5.51. The third-order valence-electron chi connectivity index (χ3n) is 8.91. The molecular formula is C21H34O2. The minimum absolute atomic E-state index is 0.406. The number of hydrogen-bond acceptors (Lipinski definition) is 1. The zero-order valence-corrected chi connectivity index (χ0v) is 15.0. The van der Waals surface area contributed by atoms with Gasteiger partial charge in [-0.05, 0) is 91.8 Å². The van der Waals surface area contributed by atoms with Crippen molar-refractivity contribution < 1.29 is 9.90 Å². The number of carboxylic acids is 1. The Labute approximate surface area is 141 Å². The van der Waals surface area contributed by atoms with Crippen molar-refractivity contribution in [3.05, 3.63) is 0 Å². The molecule has 4 fully saturated rings. The van der Waals surface area contributed by atoms with Gasteiger partial charge in [-0.2, -0.15) is 0 Å². The van der Waals surface area contributed by atoms with Gasteiger partial charge in [0, 0.05) is 6.42 Å². The number of hydrogen-bond donors (Lipinski definition) is 1. The van der Waals surface area contributed by atoms with Crippen molar-refractivity contribution in [3.63, 3.8) is 0 Å². The van der Waals surface area contributed by atoms with Crippen LogP contribution in [0, 0.1) is 40.4 Å². The van der Waals surface area contributed by atoms with E-state index in [0.717, 1.165) is 23.7 Å². The monoisotopic (exact) mass is 318 g/mol. The summed E-state index contributed by atoms with van der Waals surface area (Å²) in [4.78, 5) is 11.2. The van der Waals surface area contributed by atoms with Crippen LogP contribution < -0.4 is 0 Å². The van der Waals surface area contributed by atoms with E-state index in [2.05, 4.69) is 13.8 Å². The van der Waals surface area contributed by atoms with E-state index in [1.165, 1.54) is 64.2 Å². The van der Waals surface area contributed by atoms with Crippen LogP contribution in [-0.2, 0) is 4.79 Å². The lowest BCUT2D eigenvalue weighted by Gasteiger charge is -2.60. The molecule has 2 heteroatoms. The van der Waals surface area contributed by atoms with Crippen LogP contribution in [0.4, 0.5) is 0 Å². The van der Waals surface area contributed by atoms with Crippen LogP contribution in [-0.4, -0.2) is 11.1 Å². The van der Waals surface area contributed by atoms with Crippen LogP contribution in [0.15, 0.2) is 0 Å². The lowest BCUT2D eigenvalue weighted by Crippen LogP contribution is -2.51. The van der Waals surface area contributed by atoms with Gasteiger partial charge in [0.1, 0.15) is 0 Å². The molecule has 0 bridgehead atoms. The Bertz CT molecular complexity index is 486. The van der Waals surface area contributed by atoms with Gasteiger partial charge in [0.15, 0.2) is 0 Å². The first-order chi connectivity index (χ1) is 10.9. The highest BCUT2D eigenvalue weighted by molar-refractivity contribution is 5.67. The zero-order valence-electron chi connectivity index (χ0n) is 15.0. The maximum atomic E-state index is 11.2. The van der Waals surface area contributed by atoms with E-state index in [9.17, 15) is 9.90 Å². The SMILES string of the molecule is C[C@]12CC[C@H]3[C@@H](CCC4CCCC[C@@]43C)[C@@H]1C[C@@H](CC(=O)O)C2. The van der Waals surface area contributed by atoms with Gasteiger partial charge in [0.2, 0.25) is 0 Å². The number of rotatable bonds is 2. The molecule has 4 aliphatic rings. The number of fused-ring (bicyclic) bond motifs is 5. The van der Waals surface area contributed by atoms with Gasteiger partial charge in [-0.3, -0.25) is 4.79 Å². The molecule has 1 unspecified atom stereocenters. The fourth-order valence-electron chi connectivity index (χ4n) is 7.91. The van der Waals surface area contributed by atoms with Crippen molar-refractivity contribution in [2.75, 3.05) is 0 Å². The lowest BCUT2D eigenvalue weighted by atomic mass is 9.45. The van der Waals surface area contributed by atoms with E-state index in [1.807, 2.05) is 0 Å². The summed E-state index contributed by atoms with van der Waals surface area (Å²) < 4.78 is 0. The van der Waals surface area contributed by atoms with Crippen molar-refractivity contribution in [1.29, 1.82) is 0 Å². The molecule has 1 N–H and O–H groups in total. The molecule has 0 aromatic heterocycles. The zero-order chi connectivity index (χ0) is 16.2. The predicted molar refractivity (Wildman–Crippen MR) is 92.1 cm³/mol. The third kappa shape index (κ3) is 2.46. The molecule has 0 radical (unpaired) electrons. The summed E-state index contributed by atoms with van der Waals surface area (Å²) in [5.41, 5.74) is 1.05. The molecule has 130 valence electrons. The highest BCUT2D eigenvalue weighted by Crippen LogP contribution is 2.67. The van der Waals surface area contributed by atoms with E-state index >= 15 is 0 Å². The third-order valence-corrected chi connectivity index (χ3v) is 8.91. The van der Waals surface area contributed by atoms with Crippen molar-refractivity contribution in [3.8, 4) is 0 Å². The van der Waals surface area contributed by atoms with Crippen LogP contribution in [0.25, 0.3) is 0 Å². The van der Waals surface area contributed by atoms with Gasteiger partial charge in [0.05, 0.1) is 0 Å². The molecule has 2 nitrogen and oxygen atoms in total. The minimum Gasteiger partial charge on any atom is -0.481 e. The van der Waals surface area contributed by atoms with Gasteiger partial charge >= 0.3 is 5.97 Å². The number of carboxylic acid groups (broad SMARTS) is 1. The summed E-state index contributed by atoms with van der Waals surface area (Å²) in [7, 11) is 0. The normalized spacial score (nSPS) is 52.3. The molecule has 0 amide bonds. The molecule has 0 aromatic rings. The second-order valence-electron chi connectivity index (χ2n) is 10.00. The Morgan fingerprint density at radius 3 is 2.65 bits per heavy atom. The smallest absolute Gasteiger partial charge is 0.303 e. The molecular weight excluding hydrogens is 284 g/mol. The van der Waals surface area contributed by atoms with Crippen LogP contribution in [0.3, 0.4) is 0 Å².